The number of amides is 1. The van der Waals surface area contributed by atoms with Crippen LogP contribution in [0.15, 0.2) is 0 Å². The van der Waals surface area contributed by atoms with Gasteiger partial charge in [0, 0.05) is 10.2 Å². The maximum atomic E-state index is 10.0. The molecule has 13 heavy (non-hydrogen) atoms. The average molecular weight is 319 g/mol. The van der Waals surface area contributed by atoms with Gasteiger partial charge in [0.15, 0.2) is 0 Å². The molecular formula is C8H17Br2NO2. The molecule has 0 radical (unpaired) electrons. The number of hydrogen-bond acceptors (Lipinski definition) is 2. The predicted octanol–water partition coefficient (Wildman–Crippen LogP) is 3.04. The Morgan fingerprint density at radius 2 is 1.85 bits per heavy atom. The molecule has 2 N–H and O–H groups in total. The molecule has 0 saturated carbocycles. The monoisotopic (exact) mass is 317 g/mol. The molecular weight excluding hydrogens is 302 g/mol. The average Bonchev–Trinajstić information content (AvgIpc) is 1.83. The van der Waals surface area contributed by atoms with E-state index in [0.717, 1.165) is 5.33 Å². The molecule has 80 valence electrons. The van der Waals surface area contributed by atoms with Crippen LogP contribution in [0.4, 0.5) is 4.79 Å². The fourth-order valence-corrected chi connectivity index (χ4v) is 0.302. The number of ether oxygens (including phenoxy) is 1. The molecule has 0 heterocycles. The van der Waals surface area contributed by atoms with Crippen molar-refractivity contribution in [3.63, 3.8) is 0 Å². The first kappa shape index (κ1) is 15.7. The topological polar surface area (TPSA) is 52.3 Å². The summed E-state index contributed by atoms with van der Waals surface area (Å²) in [6.45, 7) is 7.38. The van der Waals surface area contributed by atoms with Gasteiger partial charge in [-0.2, -0.15) is 0 Å². The van der Waals surface area contributed by atoms with Crippen LogP contribution < -0.4 is 5.73 Å². The van der Waals surface area contributed by atoms with E-state index in [1.165, 1.54) is 0 Å². The number of nitrogens with two attached hydrogens (primary N) is 1. The van der Waals surface area contributed by atoms with E-state index in [1.807, 2.05) is 0 Å². The molecule has 0 rings (SSSR count). The second-order valence-electron chi connectivity index (χ2n) is 3.47. The van der Waals surface area contributed by atoms with E-state index in [2.05, 4.69) is 43.5 Å². The Kier molecular flexibility index (Phi) is 9.19. The standard InChI is InChI=1S/C5H11NO2.C3H6Br2/c1-5(2,3)8-4(6)7;1-3(5)2-4/h1-3H3,(H2,6,7);3H,2H2,1H3. The SMILES string of the molecule is CC(Br)CBr.CC(C)(C)OC(N)=O. The van der Waals surface area contributed by atoms with Gasteiger partial charge >= 0.3 is 6.09 Å². The van der Waals surface area contributed by atoms with Crippen molar-refractivity contribution in [3.05, 3.63) is 0 Å². The summed E-state index contributed by atoms with van der Waals surface area (Å²) in [7, 11) is 0. The summed E-state index contributed by atoms with van der Waals surface area (Å²) in [6.07, 6.45) is -0.725. The van der Waals surface area contributed by atoms with E-state index in [4.69, 9.17) is 5.73 Å². The van der Waals surface area contributed by atoms with Crippen LogP contribution in [0.25, 0.3) is 0 Å². The molecule has 3 nitrogen and oxygen atoms in total. The minimum absolute atomic E-state index is 0.453. The Morgan fingerprint density at radius 1 is 1.54 bits per heavy atom. The van der Waals surface area contributed by atoms with Gasteiger partial charge in [0.1, 0.15) is 5.60 Å². The van der Waals surface area contributed by atoms with Crippen molar-refractivity contribution in [2.24, 2.45) is 5.73 Å². The number of alkyl halides is 2. The predicted molar refractivity (Wildman–Crippen MR) is 62.6 cm³/mol. The molecule has 0 aliphatic carbocycles. The highest BCUT2D eigenvalue weighted by Gasteiger charge is 2.12. The lowest BCUT2D eigenvalue weighted by atomic mass is 10.2. The van der Waals surface area contributed by atoms with Crippen LogP contribution >= 0.6 is 31.9 Å². The zero-order valence-electron chi connectivity index (χ0n) is 8.43. The van der Waals surface area contributed by atoms with Crippen molar-refractivity contribution >= 4 is 38.0 Å². The molecule has 1 atom stereocenters. The summed E-state index contributed by atoms with van der Waals surface area (Å²) in [5.74, 6) is 0. The van der Waals surface area contributed by atoms with Gasteiger partial charge in [-0.1, -0.05) is 38.8 Å². The maximum absolute atomic E-state index is 10.0. The highest BCUT2D eigenvalue weighted by atomic mass is 79.9. The van der Waals surface area contributed by atoms with Crippen LogP contribution in [0.3, 0.4) is 0 Å². The third-order valence-corrected chi connectivity index (χ3v) is 2.78. The van der Waals surface area contributed by atoms with Crippen molar-refractivity contribution in [3.8, 4) is 0 Å². The normalized spacial score (nSPS) is 12.5. The molecule has 5 heteroatoms. The zero-order chi connectivity index (χ0) is 11.1. The lowest BCUT2D eigenvalue weighted by molar-refractivity contribution is 0.0600. The molecule has 0 fully saturated rings. The number of carbonyl (C=O) groups excluding carboxylic acids is 1. The van der Waals surface area contributed by atoms with Crippen molar-refractivity contribution in [2.45, 2.75) is 38.1 Å². The Balaban J connectivity index is 0. The van der Waals surface area contributed by atoms with Crippen LogP contribution in [-0.2, 0) is 4.74 Å². The van der Waals surface area contributed by atoms with Crippen LogP contribution in [0.2, 0.25) is 0 Å². The second kappa shape index (κ2) is 7.62. The first-order chi connectivity index (χ1) is 5.69. The molecule has 0 aliphatic heterocycles. The molecule has 0 aromatic heterocycles. The molecule has 0 aromatic carbocycles. The van der Waals surface area contributed by atoms with E-state index in [1.54, 1.807) is 20.8 Å². The summed E-state index contributed by atoms with van der Waals surface area (Å²) in [5, 5.41) is 1.03. The lowest BCUT2D eigenvalue weighted by Crippen LogP contribution is -2.27. The van der Waals surface area contributed by atoms with Gasteiger partial charge in [0.25, 0.3) is 0 Å². The number of rotatable bonds is 1. The first-order valence-corrected chi connectivity index (χ1v) is 5.91. The number of carbonyl (C=O) groups is 1. The van der Waals surface area contributed by atoms with Gasteiger partial charge in [0.2, 0.25) is 0 Å². The van der Waals surface area contributed by atoms with Gasteiger partial charge in [0.05, 0.1) is 0 Å². The summed E-state index contributed by atoms with van der Waals surface area (Å²) in [5.41, 5.74) is 4.26. The zero-order valence-corrected chi connectivity index (χ0v) is 11.6. The Hall–Kier alpha value is 0.230. The summed E-state index contributed by atoms with van der Waals surface area (Å²) >= 11 is 6.59. The molecule has 1 amide bonds. The molecule has 0 saturated heterocycles. The second-order valence-corrected chi connectivity index (χ2v) is 5.68. The maximum Gasteiger partial charge on any atom is 0.405 e. The molecule has 1 unspecified atom stereocenters. The minimum atomic E-state index is -0.725. The fourth-order valence-electron chi connectivity index (χ4n) is 0.302. The Morgan fingerprint density at radius 3 is 1.85 bits per heavy atom. The molecule has 0 aliphatic rings. The first-order valence-electron chi connectivity index (χ1n) is 3.87. The van der Waals surface area contributed by atoms with Gasteiger partial charge in [-0.05, 0) is 20.8 Å². The van der Waals surface area contributed by atoms with Crippen molar-refractivity contribution < 1.29 is 9.53 Å². The minimum Gasteiger partial charge on any atom is -0.444 e. The Bertz CT molecular complexity index is 144. The van der Waals surface area contributed by atoms with Crippen molar-refractivity contribution in [2.75, 3.05) is 5.33 Å². The molecule has 0 bridgehead atoms. The molecule has 0 aromatic rings. The quantitative estimate of drug-likeness (QED) is 0.755. The fraction of sp³-hybridized carbons (Fsp3) is 0.875. The summed E-state index contributed by atoms with van der Waals surface area (Å²) in [6, 6.07) is 0. The third-order valence-electron chi connectivity index (χ3n) is 0.619. The highest BCUT2D eigenvalue weighted by Crippen LogP contribution is 2.04. The van der Waals surface area contributed by atoms with Gasteiger partial charge in [-0.15, -0.1) is 0 Å². The number of hydrogen-bond donors (Lipinski definition) is 1. The Labute approximate surface area is 96.6 Å². The number of primary amides is 1. The third kappa shape index (κ3) is 24.5. The van der Waals surface area contributed by atoms with Crippen LogP contribution in [0.1, 0.15) is 27.7 Å². The smallest absolute Gasteiger partial charge is 0.405 e. The van der Waals surface area contributed by atoms with Gasteiger partial charge in [-0.25, -0.2) is 4.79 Å². The van der Waals surface area contributed by atoms with E-state index in [-0.39, 0.29) is 0 Å². The van der Waals surface area contributed by atoms with Crippen LogP contribution in [0, 0.1) is 0 Å². The summed E-state index contributed by atoms with van der Waals surface area (Å²) < 4.78 is 4.58. The largest absolute Gasteiger partial charge is 0.444 e. The molecule has 0 spiro atoms. The van der Waals surface area contributed by atoms with E-state index < -0.39 is 11.7 Å². The van der Waals surface area contributed by atoms with E-state index in [9.17, 15) is 4.79 Å². The van der Waals surface area contributed by atoms with Crippen LogP contribution in [0.5, 0.6) is 0 Å². The van der Waals surface area contributed by atoms with Crippen LogP contribution in [-0.4, -0.2) is 21.9 Å². The van der Waals surface area contributed by atoms with Crippen molar-refractivity contribution in [1.29, 1.82) is 0 Å². The van der Waals surface area contributed by atoms with E-state index in [0.29, 0.717) is 4.83 Å². The number of halogens is 2. The lowest BCUT2D eigenvalue weighted by Gasteiger charge is -2.16. The van der Waals surface area contributed by atoms with Gasteiger partial charge < -0.3 is 10.5 Å². The highest BCUT2D eigenvalue weighted by molar-refractivity contribution is 9.12. The van der Waals surface area contributed by atoms with Gasteiger partial charge in [-0.3, -0.25) is 0 Å². The summed E-state index contributed by atoms with van der Waals surface area (Å²) in [4.78, 5) is 10.6. The van der Waals surface area contributed by atoms with E-state index >= 15 is 0 Å². The van der Waals surface area contributed by atoms with Crippen molar-refractivity contribution in [1.82, 2.24) is 0 Å².